The Morgan fingerprint density at radius 3 is 2.59 bits per heavy atom. The van der Waals surface area contributed by atoms with E-state index in [1.54, 1.807) is 9.47 Å². The van der Waals surface area contributed by atoms with Gasteiger partial charge in [0.25, 0.3) is 11.8 Å². The Bertz CT molecular complexity index is 1320. The number of fused-ring (bicyclic) bond motifs is 3. The Balaban J connectivity index is 1.49. The van der Waals surface area contributed by atoms with Crippen molar-refractivity contribution >= 4 is 34.5 Å². The second-order valence-corrected chi connectivity index (χ2v) is 9.06. The van der Waals surface area contributed by atoms with Crippen molar-refractivity contribution in [1.29, 1.82) is 0 Å². The molecule has 0 radical (unpaired) electrons. The largest absolute Gasteiger partial charge is 0.324 e. The molecule has 2 aromatic heterocycles. The fourth-order valence-electron chi connectivity index (χ4n) is 5.41. The number of hydrogen-bond acceptors (Lipinski definition) is 6. The van der Waals surface area contributed by atoms with Gasteiger partial charge in [0.15, 0.2) is 17.0 Å². The van der Waals surface area contributed by atoms with E-state index in [-0.39, 0.29) is 11.7 Å². The van der Waals surface area contributed by atoms with Crippen molar-refractivity contribution in [3.8, 4) is 0 Å². The van der Waals surface area contributed by atoms with Crippen molar-refractivity contribution in [3.05, 3.63) is 42.0 Å². The third-order valence-electron chi connectivity index (χ3n) is 7.09. The summed E-state index contributed by atoms with van der Waals surface area (Å²) >= 11 is 0. The Labute approximate surface area is 193 Å². The molecule has 34 heavy (non-hydrogen) atoms. The molecule has 9 nitrogen and oxygen atoms in total. The third kappa shape index (κ3) is 2.82. The summed E-state index contributed by atoms with van der Waals surface area (Å²) in [4.78, 5) is 42.9. The lowest BCUT2D eigenvalue weighted by Gasteiger charge is -2.38. The first-order chi connectivity index (χ1) is 16.4. The van der Waals surface area contributed by atoms with Crippen LogP contribution in [-0.2, 0) is 16.8 Å². The quantitative estimate of drug-likeness (QED) is 0.635. The molecule has 176 valence electrons. The number of rotatable bonds is 3. The van der Waals surface area contributed by atoms with Gasteiger partial charge in [-0.15, -0.1) is 0 Å². The molecule has 1 spiro atoms. The zero-order chi connectivity index (χ0) is 23.7. The number of imidazole rings is 1. The number of alkyl halides is 2. The van der Waals surface area contributed by atoms with Gasteiger partial charge in [-0.2, -0.15) is 0 Å². The second-order valence-electron chi connectivity index (χ2n) is 9.06. The zero-order valence-corrected chi connectivity index (χ0v) is 18.6. The molecular formula is C23H23F2N7O2. The molecule has 11 heteroatoms. The molecule has 0 unspecified atom stereocenters. The molecule has 3 aromatic rings. The van der Waals surface area contributed by atoms with Gasteiger partial charge in [-0.05, 0) is 44.5 Å². The van der Waals surface area contributed by atoms with E-state index in [4.69, 9.17) is 0 Å². The van der Waals surface area contributed by atoms with Crippen molar-refractivity contribution < 1.29 is 18.4 Å². The van der Waals surface area contributed by atoms with Crippen LogP contribution in [-0.4, -0.2) is 68.3 Å². The summed E-state index contributed by atoms with van der Waals surface area (Å²) in [6.07, 6.45) is 2.69. The maximum absolute atomic E-state index is 14.0. The highest BCUT2D eigenvalue weighted by Gasteiger charge is 2.52. The van der Waals surface area contributed by atoms with Gasteiger partial charge in [-0.1, -0.05) is 18.2 Å². The van der Waals surface area contributed by atoms with Crippen LogP contribution in [0, 0.1) is 0 Å². The first-order valence-electron chi connectivity index (χ1n) is 11.4. The number of nitrogens with one attached hydrogen (secondary N) is 1. The number of aryl methyl sites for hydroxylation is 1. The number of halogens is 2. The third-order valence-corrected chi connectivity index (χ3v) is 7.09. The first-order valence-corrected chi connectivity index (χ1v) is 11.4. The van der Waals surface area contributed by atoms with Gasteiger partial charge in [0, 0.05) is 6.54 Å². The average molecular weight is 467 g/mol. The number of para-hydroxylation sites is 1. The number of likely N-dealkylation sites (tertiary alicyclic amines) is 1. The highest BCUT2D eigenvalue weighted by molar-refractivity contribution is 6.15. The summed E-state index contributed by atoms with van der Waals surface area (Å²) < 4.78 is 28.4. The van der Waals surface area contributed by atoms with Crippen LogP contribution in [0.1, 0.15) is 35.9 Å². The number of nitrogens with zero attached hydrogens (tertiary/aromatic N) is 6. The minimum atomic E-state index is -2.88. The summed E-state index contributed by atoms with van der Waals surface area (Å²) in [6, 6.07) is 7.69. The van der Waals surface area contributed by atoms with Crippen molar-refractivity contribution in [2.45, 2.75) is 37.6 Å². The number of benzene rings is 1. The summed E-state index contributed by atoms with van der Waals surface area (Å²) in [5.41, 5.74) is 1.75. The first kappa shape index (κ1) is 21.1. The van der Waals surface area contributed by atoms with E-state index < -0.39 is 30.3 Å². The Hall–Kier alpha value is -3.47. The Morgan fingerprint density at radius 1 is 1.15 bits per heavy atom. The van der Waals surface area contributed by atoms with Crippen LogP contribution in [0.25, 0.3) is 11.2 Å². The van der Waals surface area contributed by atoms with Crippen LogP contribution in [0.5, 0.6) is 0 Å². The van der Waals surface area contributed by atoms with Crippen LogP contribution in [0.15, 0.2) is 30.6 Å². The monoisotopic (exact) mass is 467 g/mol. The summed E-state index contributed by atoms with van der Waals surface area (Å²) in [7, 11) is 0. The molecule has 2 amide bonds. The molecule has 0 saturated carbocycles. The summed E-state index contributed by atoms with van der Waals surface area (Å²) in [5.74, 6) is -3.21. The number of piperidine rings is 1. The van der Waals surface area contributed by atoms with Crippen molar-refractivity contribution in [3.63, 3.8) is 0 Å². The number of carbonyl (C=O) groups excluding carboxylic acids is 2. The lowest BCUT2D eigenvalue weighted by Crippen LogP contribution is -2.58. The van der Waals surface area contributed by atoms with Crippen molar-refractivity contribution in [1.82, 2.24) is 29.7 Å². The number of carbonyl (C=O) groups is 2. The molecule has 0 bridgehead atoms. The highest BCUT2D eigenvalue weighted by Crippen LogP contribution is 2.50. The van der Waals surface area contributed by atoms with E-state index in [2.05, 4.69) is 20.3 Å². The number of amides is 2. The smallest absolute Gasteiger partial charge is 0.290 e. The van der Waals surface area contributed by atoms with Gasteiger partial charge in [-0.3, -0.25) is 14.5 Å². The number of hydrogen-bond donors (Lipinski definition) is 1. The van der Waals surface area contributed by atoms with Crippen LogP contribution >= 0.6 is 0 Å². The molecular weight excluding hydrogens is 444 g/mol. The zero-order valence-electron chi connectivity index (χ0n) is 18.6. The van der Waals surface area contributed by atoms with Crippen molar-refractivity contribution in [2.75, 3.05) is 31.1 Å². The van der Waals surface area contributed by atoms with Gasteiger partial charge in [0.1, 0.15) is 6.33 Å². The Morgan fingerprint density at radius 2 is 1.88 bits per heavy atom. The van der Waals surface area contributed by atoms with Crippen molar-refractivity contribution in [2.24, 2.45) is 0 Å². The fraction of sp³-hybridized carbons (Fsp3) is 0.435. The minimum absolute atomic E-state index is 0.0197. The number of anilines is 2. The lowest BCUT2D eigenvalue weighted by atomic mass is 9.74. The van der Waals surface area contributed by atoms with Crippen LogP contribution in [0.3, 0.4) is 0 Å². The van der Waals surface area contributed by atoms with E-state index in [1.807, 2.05) is 31.2 Å². The van der Waals surface area contributed by atoms with Crippen LogP contribution in [0.2, 0.25) is 0 Å². The number of aromatic nitrogens is 4. The molecule has 3 aliphatic heterocycles. The highest BCUT2D eigenvalue weighted by atomic mass is 19.3. The summed E-state index contributed by atoms with van der Waals surface area (Å²) in [5, 5.41) is 3.32. The average Bonchev–Trinajstić information content (AvgIpc) is 3.32. The second kappa shape index (κ2) is 7.26. The van der Waals surface area contributed by atoms with Crippen LogP contribution < -0.4 is 10.2 Å². The fourth-order valence-corrected chi connectivity index (χ4v) is 5.41. The van der Waals surface area contributed by atoms with Gasteiger partial charge in [0.05, 0.1) is 24.2 Å². The standard InChI is InChI=1S/C23H23F2N7O2/c1-2-31-17-16(29-19(31)20(33)30-11-23(24,25)12-30)18(28-13-27-17)32-15-6-4-3-5-14(15)22(21(32)34)7-9-26-10-8-22/h3-6,13,26H,2,7-12H2,1H3. The van der Waals surface area contributed by atoms with E-state index in [0.29, 0.717) is 36.4 Å². The van der Waals surface area contributed by atoms with E-state index in [9.17, 15) is 18.4 Å². The summed E-state index contributed by atoms with van der Waals surface area (Å²) in [6.45, 7) is 2.38. The molecule has 0 aliphatic carbocycles. The van der Waals surface area contributed by atoms with E-state index in [1.165, 1.54) is 6.33 Å². The minimum Gasteiger partial charge on any atom is -0.324 e. The maximum atomic E-state index is 14.0. The van der Waals surface area contributed by atoms with Crippen LogP contribution in [0.4, 0.5) is 20.3 Å². The van der Waals surface area contributed by atoms with Gasteiger partial charge >= 0.3 is 0 Å². The molecule has 6 rings (SSSR count). The SMILES string of the molecule is CCn1c(C(=O)N2CC(F)(F)C2)nc2c(N3C(=O)C4(CCNCC4)c4ccccc43)ncnc21. The van der Waals surface area contributed by atoms with Gasteiger partial charge < -0.3 is 14.8 Å². The van der Waals surface area contributed by atoms with E-state index >= 15 is 0 Å². The normalized spacial score (nSPS) is 20.6. The molecule has 5 heterocycles. The molecule has 1 N–H and O–H groups in total. The predicted octanol–water partition coefficient (Wildman–Crippen LogP) is 2.24. The molecule has 2 fully saturated rings. The van der Waals surface area contributed by atoms with E-state index in [0.717, 1.165) is 29.2 Å². The lowest BCUT2D eigenvalue weighted by molar-refractivity contribution is -0.123. The molecule has 3 aliphatic rings. The van der Waals surface area contributed by atoms with Gasteiger partial charge in [0.2, 0.25) is 11.7 Å². The molecule has 2 saturated heterocycles. The maximum Gasteiger partial charge on any atom is 0.290 e. The van der Waals surface area contributed by atoms with Gasteiger partial charge in [-0.25, -0.2) is 23.7 Å². The molecule has 0 atom stereocenters. The molecule has 1 aromatic carbocycles. The predicted molar refractivity (Wildman–Crippen MR) is 119 cm³/mol. The topological polar surface area (TPSA) is 96.2 Å². The Kier molecular flexibility index (Phi) is 4.50.